The molecule has 1 fully saturated rings. The van der Waals surface area contributed by atoms with E-state index in [0.717, 1.165) is 28.4 Å². The van der Waals surface area contributed by atoms with Crippen LogP contribution in [0.3, 0.4) is 0 Å². The number of nitrogens with zero attached hydrogens (tertiary/aromatic N) is 3. The van der Waals surface area contributed by atoms with E-state index in [2.05, 4.69) is 15.1 Å². The van der Waals surface area contributed by atoms with Crippen LogP contribution in [0.4, 0.5) is 0 Å². The van der Waals surface area contributed by atoms with Crippen molar-refractivity contribution in [3.05, 3.63) is 76.6 Å². The average Bonchev–Trinajstić information content (AvgIpc) is 3.46. The zero-order valence-electron chi connectivity index (χ0n) is 20.4. The second-order valence-corrected chi connectivity index (χ2v) is 10.9. The molecular formula is C26H29ClN4O4S. The van der Waals surface area contributed by atoms with Gasteiger partial charge in [-0.05, 0) is 88.2 Å². The maximum Gasteiger partial charge on any atom is 0.258 e. The number of aromatic nitrogens is 1. The van der Waals surface area contributed by atoms with Crippen molar-refractivity contribution in [3.8, 4) is 11.4 Å². The minimum atomic E-state index is -3.82. The quantitative estimate of drug-likeness (QED) is 0.345. The number of rotatable bonds is 8. The maximum absolute atomic E-state index is 13.1. The summed E-state index contributed by atoms with van der Waals surface area (Å²) >= 11 is 5.89. The van der Waals surface area contributed by atoms with E-state index < -0.39 is 22.0 Å². The molecular weight excluding hydrogens is 500 g/mol. The molecule has 10 heteroatoms. The number of hydrogen-bond acceptors (Lipinski definition) is 5. The lowest BCUT2D eigenvalue weighted by molar-refractivity contribution is -0.124. The molecule has 1 aliphatic rings. The molecule has 36 heavy (non-hydrogen) atoms. The van der Waals surface area contributed by atoms with Gasteiger partial charge in [-0.2, -0.15) is 9.41 Å². The molecule has 0 aliphatic carbocycles. The van der Waals surface area contributed by atoms with Crippen LogP contribution in [0.2, 0.25) is 5.02 Å². The first-order valence-electron chi connectivity index (χ1n) is 11.7. The monoisotopic (exact) mass is 528 g/mol. The molecule has 190 valence electrons. The van der Waals surface area contributed by atoms with Crippen molar-refractivity contribution in [2.75, 3.05) is 13.2 Å². The first-order chi connectivity index (χ1) is 17.2. The SMILES string of the molecule is CCOc1ccc(-n2c(C)cc(/C=N\NC(=O)[C@H]3CCCN3S(=O)(=O)c3ccc(Cl)cc3)c2C)cc1. The fraction of sp³-hybridized carbons (Fsp3) is 0.308. The molecule has 1 amide bonds. The molecule has 0 spiro atoms. The van der Waals surface area contributed by atoms with Crippen molar-refractivity contribution in [2.24, 2.45) is 5.10 Å². The fourth-order valence-corrected chi connectivity index (χ4v) is 6.23. The molecule has 0 saturated carbocycles. The lowest BCUT2D eigenvalue weighted by Gasteiger charge is -2.22. The van der Waals surface area contributed by atoms with Crippen LogP contribution in [-0.2, 0) is 14.8 Å². The molecule has 8 nitrogen and oxygen atoms in total. The Bertz CT molecular complexity index is 1370. The Morgan fingerprint density at radius 3 is 2.53 bits per heavy atom. The van der Waals surface area contributed by atoms with Gasteiger partial charge in [-0.1, -0.05) is 11.6 Å². The first-order valence-corrected chi connectivity index (χ1v) is 13.6. The van der Waals surface area contributed by atoms with Gasteiger partial charge < -0.3 is 9.30 Å². The summed E-state index contributed by atoms with van der Waals surface area (Å²) < 4.78 is 35.0. The van der Waals surface area contributed by atoms with Crippen LogP contribution < -0.4 is 10.2 Å². The summed E-state index contributed by atoms with van der Waals surface area (Å²) in [6, 6.07) is 14.9. The number of carbonyl (C=O) groups is 1. The Morgan fingerprint density at radius 2 is 1.86 bits per heavy atom. The fourth-order valence-electron chi connectivity index (χ4n) is 4.45. The lowest BCUT2D eigenvalue weighted by Crippen LogP contribution is -2.44. The Morgan fingerprint density at radius 1 is 1.17 bits per heavy atom. The van der Waals surface area contributed by atoms with E-state index in [0.29, 0.717) is 24.5 Å². The van der Waals surface area contributed by atoms with E-state index in [1.54, 1.807) is 6.21 Å². The summed E-state index contributed by atoms with van der Waals surface area (Å²) in [6.07, 6.45) is 2.61. The predicted octanol–water partition coefficient (Wildman–Crippen LogP) is 4.45. The number of nitrogens with one attached hydrogen (secondary N) is 1. The minimum Gasteiger partial charge on any atom is -0.494 e. The summed E-state index contributed by atoms with van der Waals surface area (Å²) in [5, 5.41) is 4.58. The molecule has 1 saturated heterocycles. The topological polar surface area (TPSA) is 93.0 Å². The van der Waals surface area contributed by atoms with Crippen LogP contribution in [0.15, 0.2) is 64.6 Å². The zero-order valence-corrected chi connectivity index (χ0v) is 22.0. The highest BCUT2D eigenvalue weighted by Gasteiger charge is 2.39. The summed E-state index contributed by atoms with van der Waals surface area (Å²) in [5.74, 6) is 0.355. The van der Waals surface area contributed by atoms with Crippen molar-refractivity contribution in [2.45, 2.75) is 44.6 Å². The molecule has 1 atom stereocenters. The standard InChI is InChI=1S/C26H29ClN4O4S/c1-4-35-23-11-9-22(10-12-23)31-18(2)16-20(19(31)3)17-28-29-26(32)25-6-5-15-30(25)36(33,34)24-13-7-21(27)8-14-24/h7-14,16-17,25H,4-6,15H2,1-3H3,(H,29,32)/b28-17-/t25-/m1/s1. The number of hydrogen-bond donors (Lipinski definition) is 1. The zero-order chi connectivity index (χ0) is 25.9. The highest BCUT2D eigenvalue weighted by molar-refractivity contribution is 7.89. The van der Waals surface area contributed by atoms with E-state index in [1.165, 1.54) is 28.6 Å². The van der Waals surface area contributed by atoms with Crippen LogP contribution in [-0.4, -0.2) is 48.6 Å². The Balaban J connectivity index is 1.46. The minimum absolute atomic E-state index is 0.108. The molecule has 1 aliphatic heterocycles. The molecule has 1 aromatic heterocycles. The van der Waals surface area contributed by atoms with Gasteiger partial charge in [0.2, 0.25) is 10.0 Å². The second-order valence-electron chi connectivity index (χ2n) is 8.55. The number of amides is 1. The third-order valence-electron chi connectivity index (χ3n) is 6.18. The Hall–Kier alpha value is -3.14. The summed E-state index contributed by atoms with van der Waals surface area (Å²) in [6.45, 7) is 6.80. The van der Waals surface area contributed by atoms with Crippen molar-refractivity contribution in [3.63, 3.8) is 0 Å². The normalized spacial score (nSPS) is 16.5. The van der Waals surface area contributed by atoms with Gasteiger partial charge in [-0.15, -0.1) is 0 Å². The van der Waals surface area contributed by atoms with Crippen LogP contribution in [0.25, 0.3) is 5.69 Å². The highest BCUT2D eigenvalue weighted by Crippen LogP contribution is 2.27. The number of benzene rings is 2. The smallest absolute Gasteiger partial charge is 0.258 e. The molecule has 0 radical (unpaired) electrons. The molecule has 0 unspecified atom stereocenters. The van der Waals surface area contributed by atoms with Gasteiger partial charge in [0.15, 0.2) is 0 Å². The molecule has 1 N–H and O–H groups in total. The van der Waals surface area contributed by atoms with Gasteiger partial charge in [-0.3, -0.25) is 4.79 Å². The number of aryl methyl sites for hydroxylation is 1. The Kier molecular flexibility index (Phi) is 7.82. The number of hydrazone groups is 1. The van der Waals surface area contributed by atoms with Crippen molar-refractivity contribution < 1.29 is 17.9 Å². The van der Waals surface area contributed by atoms with E-state index in [-0.39, 0.29) is 11.4 Å². The number of ether oxygens (including phenoxy) is 1. The third kappa shape index (κ3) is 5.33. The lowest BCUT2D eigenvalue weighted by atomic mass is 10.2. The van der Waals surface area contributed by atoms with Crippen LogP contribution in [0.5, 0.6) is 5.75 Å². The Labute approximate surface area is 216 Å². The molecule has 0 bridgehead atoms. The summed E-state index contributed by atoms with van der Waals surface area (Å²) in [5.41, 5.74) is 6.34. The average molecular weight is 529 g/mol. The van der Waals surface area contributed by atoms with Gasteiger partial charge in [0.25, 0.3) is 5.91 Å². The van der Waals surface area contributed by atoms with Crippen LogP contribution in [0.1, 0.15) is 36.7 Å². The first kappa shape index (κ1) is 25.9. The van der Waals surface area contributed by atoms with E-state index >= 15 is 0 Å². The van der Waals surface area contributed by atoms with Gasteiger partial charge in [-0.25, -0.2) is 13.8 Å². The van der Waals surface area contributed by atoms with Crippen LogP contribution >= 0.6 is 11.6 Å². The van der Waals surface area contributed by atoms with Gasteiger partial charge in [0, 0.05) is 34.2 Å². The van der Waals surface area contributed by atoms with E-state index in [9.17, 15) is 13.2 Å². The number of carbonyl (C=O) groups excluding carboxylic acids is 1. The summed E-state index contributed by atoms with van der Waals surface area (Å²) in [7, 11) is -3.82. The molecule has 3 aromatic rings. The second kappa shape index (κ2) is 10.9. The van der Waals surface area contributed by atoms with Gasteiger partial charge >= 0.3 is 0 Å². The highest BCUT2D eigenvalue weighted by atomic mass is 35.5. The molecule has 2 aromatic carbocycles. The van der Waals surface area contributed by atoms with E-state index in [1.807, 2.05) is 51.1 Å². The van der Waals surface area contributed by atoms with Crippen molar-refractivity contribution >= 4 is 33.7 Å². The molecule has 4 rings (SSSR count). The maximum atomic E-state index is 13.1. The summed E-state index contributed by atoms with van der Waals surface area (Å²) in [4.78, 5) is 13.0. The van der Waals surface area contributed by atoms with E-state index in [4.69, 9.17) is 16.3 Å². The van der Waals surface area contributed by atoms with Gasteiger partial charge in [0.1, 0.15) is 11.8 Å². The van der Waals surface area contributed by atoms with Crippen LogP contribution in [0, 0.1) is 13.8 Å². The number of halogens is 1. The largest absolute Gasteiger partial charge is 0.494 e. The number of sulfonamides is 1. The molecule has 2 heterocycles. The van der Waals surface area contributed by atoms with Crippen molar-refractivity contribution in [1.82, 2.24) is 14.3 Å². The van der Waals surface area contributed by atoms with Crippen molar-refractivity contribution in [1.29, 1.82) is 0 Å². The van der Waals surface area contributed by atoms with Gasteiger partial charge in [0.05, 0.1) is 17.7 Å². The third-order valence-corrected chi connectivity index (χ3v) is 8.36. The predicted molar refractivity (Wildman–Crippen MR) is 141 cm³/mol.